The van der Waals surface area contributed by atoms with Crippen molar-refractivity contribution in [1.82, 2.24) is 5.32 Å². The van der Waals surface area contributed by atoms with Crippen LogP contribution in [0.15, 0.2) is 36.4 Å². The van der Waals surface area contributed by atoms with Gasteiger partial charge in [0.15, 0.2) is 23.9 Å². The number of carbonyl (C=O) groups excluding carboxylic acids is 3. The predicted octanol–water partition coefficient (Wildman–Crippen LogP) is 2.13. The summed E-state index contributed by atoms with van der Waals surface area (Å²) in [6.07, 6.45) is 0. The number of rotatable bonds is 7. The summed E-state index contributed by atoms with van der Waals surface area (Å²) >= 11 is 5.68. The quantitative estimate of drug-likeness (QED) is 0.311. The maximum Gasteiger partial charge on any atom is 0.325 e. The van der Waals surface area contributed by atoms with E-state index in [1.165, 1.54) is 24.3 Å². The van der Waals surface area contributed by atoms with Crippen molar-refractivity contribution in [3.05, 3.63) is 62.7 Å². The zero-order valence-corrected chi connectivity index (χ0v) is 15.4. The van der Waals surface area contributed by atoms with Gasteiger partial charge in [-0.25, -0.2) is 0 Å². The van der Waals surface area contributed by atoms with Crippen molar-refractivity contribution in [3.8, 4) is 11.5 Å². The first kappa shape index (κ1) is 20.1. The molecule has 1 N–H and O–H groups in total. The van der Waals surface area contributed by atoms with Gasteiger partial charge in [-0.1, -0.05) is 11.6 Å². The van der Waals surface area contributed by atoms with Gasteiger partial charge < -0.3 is 19.5 Å². The van der Waals surface area contributed by atoms with E-state index in [-0.39, 0.29) is 22.9 Å². The molecule has 150 valence electrons. The number of fused-ring (bicyclic) bond motifs is 1. The number of nitrogens with zero attached hydrogens (tertiary/aromatic N) is 1. The third kappa shape index (κ3) is 4.79. The Morgan fingerprint density at radius 1 is 1.10 bits per heavy atom. The van der Waals surface area contributed by atoms with Gasteiger partial charge in [-0.05, 0) is 30.3 Å². The Balaban J connectivity index is 1.50. The minimum Gasteiger partial charge on any atom is -0.456 e. The SMILES string of the molecule is O=C(CNC(=O)c1ccc(Cl)c([N+](=O)[O-])c1)OCC(=O)c1ccc2c(c1)OCO2. The third-order valence-electron chi connectivity index (χ3n) is 3.86. The minimum atomic E-state index is -0.851. The average molecular weight is 421 g/mol. The number of esters is 1. The van der Waals surface area contributed by atoms with Crippen molar-refractivity contribution in [2.75, 3.05) is 19.9 Å². The number of amides is 1. The Labute approximate surface area is 168 Å². The highest BCUT2D eigenvalue weighted by atomic mass is 35.5. The summed E-state index contributed by atoms with van der Waals surface area (Å²) in [6, 6.07) is 8.04. The molecule has 0 radical (unpaired) electrons. The Morgan fingerprint density at radius 3 is 2.59 bits per heavy atom. The number of hydrogen-bond acceptors (Lipinski definition) is 8. The van der Waals surface area contributed by atoms with Crippen LogP contribution in [0.3, 0.4) is 0 Å². The summed E-state index contributed by atoms with van der Waals surface area (Å²) in [7, 11) is 0. The number of ketones is 1. The first-order chi connectivity index (χ1) is 13.8. The first-order valence-electron chi connectivity index (χ1n) is 8.16. The molecular formula is C18H13ClN2O8. The van der Waals surface area contributed by atoms with E-state index >= 15 is 0 Å². The van der Waals surface area contributed by atoms with E-state index in [1.807, 2.05) is 0 Å². The van der Waals surface area contributed by atoms with Crippen LogP contribution in [0.1, 0.15) is 20.7 Å². The molecule has 1 heterocycles. The van der Waals surface area contributed by atoms with Gasteiger partial charge in [0.2, 0.25) is 6.79 Å². The molecule has 1 amide bonds. The smallest absolute Gasteiger partial charge is 0.325 e. The van der Waals surface area contributed by atoms with E-state index in [2.05, 4.69) is 5.32 Å². The van der Waals surface area contributed by atoms with Crippen molar-refractivity contribution in [1.29, 1.82) is 0 Å². The molecule has 0 saturated heterocycles. The van der Waals surface area contributed by atoms with E-state index in [1.54, 1.807) is 6.07 Å². The molecule has 3 rings (SSSR count). The Morgan fingerprint density at radius 2 is 1.83 bits per heavy atom. The molecule has 0 atom stereocenters. The van der Waals surface area contributed by atoms with Crippen LogP contribution in [0.25, 0.3) is 0 Å². The lowest BCUT2D eigenvalue weighted by Gasteiger charge is -2.07. The second-order valence-corrected chi connectivity index (χ2v) is 6.17. The molecule has 0 spiro atoms. The fourth-order valence-electron chi connectivity index (χ4n) is 2.40. The molecule has 2 aromatic carbocycles. The number of benzene rings is 2. The van der Waals surface area contributed by atoms with Crippen molar-refractivity contribution in [2.24, 2.45) is 0 Å². The minimum absolute atomic E-state index is 0.0506. The van der Waals surface area contributed by atoms with Crippen LogP contribution >= 0.6 is 11.6 Å². The Kier molecular flexibility index (Phi) is 5.93. The molecule has 0 fully saturated rings. The van der Waals surface area contributed by atoms with Gasteiger partial charge in [-0.3, -0.25) is 24.5 Å². The summed E-state index contributed by atoms with van der Waals surface area (Å²) in [5.41, 5.74) is -0.207. The molecule has 1 aliphatic heterocycles. The summed E-state index contributed by atoms with van der Waals surface area (Å²) in [4.78, 5) is 46.0. The molecule has 10 nitrogen and oxygen atoms in total. The average Bonchev–Trinajstić information content (AvgIpc) is 3.18. The van der Waals surface area contributed by atoms with Crippen LogP contribution in [-0.4, -0.2) is 42.5 Å². The number of hydrogen-bond donors (Lipinski definition) is 1. The van der Waals surface area contributed by atoms with E-state index in [4.69, 9.17) is 25.8 Å². The van der Waals surface area contributed by atoms with E-state index in [0.29, 0.717) is 11.5 Å². The van der Waals surface area contributed by atoms with E-state index < -0.39 is 41.4 Å². The van der Waals surface area contributed by atoms with Crippen LogP contribution < -0.4 is 14.8 Å². The number of nitro benzene ring substituents is 1. The molecule has 0 saturated carbocycles. The monoisotopic (exact) mass is 420 g/mol. The van der Waals surface area contributed by atoms with Crippen LogP contribution in [0, 0.1) is 10.1 Å². The molecule has 0 bridgehead atoms. The second-order valence-electron chi connectivity index (χ2n) is 5.76. The second kappa shape index (κ2) is 8.57. The Bertz CT molecular complexity index is 1010. The van der Waals surface area contributed by atoms with Crippen LogP contribution in [-0.2, 0) is 9.53 Å². The van der Waals surface area contributed by atoms with Gasteiger partial charge in [0, 0.05) is 17.2 Å². The molecule has 0 unspecified atom stereocenters. The number of halogens is 1. The molecule has 1 aliphatic rings. The molecule has 0 aromatic heterocycles. The zero-order valence-electron chi connectivity index (χ0n) is 14.7. The van der Waals surface area contributed by atoms with Crippen molar-refractivity contribution < 1.29 is 33.5 Å². The lowest BCUT2D eigenvalue weighted by atomic mass is 10.1. The summed E-state index contributed by atoms with van der Waals surface area (Å²) in [5.74, 6) is -1.11. The van der Waals surface area contributed by atoms with Gasteiger partial charge in [0.1, 0.15) is 11.6 Å². The number of ether oxygens (including phenoxy) is 3. The lowest BCUT2D eigenvalue weighted by Crippen LogP contribution is -2.31. The summed E-state index contributed by atoms with van der Waals surface area (Å²) < 4.78 is 15.2. The fraction of sp³-hybridized carbons (Fsp3) is 0.167. The number of nitrogens with one attached hydrogen (secondary N) is 1. The largest absolute Gasteiger partial charge is 0.456 e. The first-order valence-corrected chi connectivity index (χ1v) is 8.53. The number of nitro groups is 1. The maximum absolute atomic E-state index is 12.1. The molecule has 29 heavy (non-hydrogen) atoms. The van der Waals surface area contributed by atoms with E-state index in [0.717, 1.165) is 6.07 Å². The van der Waals surface area contributed by atoms with Crippen molar-refractivity contribution in [3.63, 3.8) is 0 Å². The van der Waals surface area contributed by atoms with Crippen LogP contribution in [0.5, 0.6) is 11.5 Å². The highest BCUT2D eigenvalue weighted by Gasteiger charge is 2.19. The van der Waals surface area contributed by atoms with Crippen molar-refractivity contribution >= 4 is 34.9 Å². The lowest BCUT2D eigenvalue weighted by molar-refractivity contribution is -0.384. The third-order valence-corrected chi connectivity index (χ3v) is 4.18. The fourth-order valence-corrected chi connectivity index (χ4v) is 2.59. The molecule has 0 aliphatic carbocycles. The normalized spacial score (nSPS) is 11.6. The Hall–Kier alpha value is -3.66. The summed E-state index contributed by atoms with van der Waals surface area (Å²) in [6.45, 7) is -0.983. The molecular weight excluding hydrogens is 408 g/mol. The highest BCUT2D eigenvalue weighted by Crippen LogP contribution is 2.32. The summed E-state index contributed by atoms with van der Waals surface area (Å²) in [5, 5.41) is 13.0. The maximum atomic E-state index is 12.1. The molecule has 2 aromatic rings. The highest BCUT2D eigenvalue weighted by molar-refractivity contribution is 6.32. The van der Waals surface area contributed by atoms with Crippen molar-refractivity contribution in [2.45, 2.75) is 0 Å². The zero-order chi connectivity index (χ0) is 21.0. The van der Waals surface area contributed by atoms with Gasteiger partial charge in [0.25, 0.3) is 11.6 Å². The van der Waals surface area contributed by atoms with Gasteiger partial charge in [-0.15, -0.1) is 0 Å². The van der Waals surface area contributed by atoms with Gasteiger partial charge >= 0.3 is 5.97 Å². The number of carbonyl (C=O) groups is 3. The van der Waals surface area contributed by atoms with E-state index in [9.17, 15) is 24.5 Å². The van der Waals surface area contributed by atoms with Crippen LogP contribution in [0.4, 0.5) is 5.69 Å². The predicted molar refractivity (Wildman–Crippen MR) is 98.3 cm³/mol. The van der Waals surface area contributed by atoms with Crippen LogP contribution in [0.2, 0.25) is 5.02 Å². The standard InChI is InChI=1S/C18H13ClN2O8/c19-12-3-1-11(5-13(12)21(25)26)18(24)20-7-17(23)27-8-14(22)10-2-4-15-16(6-10)29-9-28-15/h1-6H,7-9H2,(H,20,24). The number of Topliss-reactive ketones (excluding diaryl/α,β-unsaturated/α-hetero) is 1. The topological polar surface area (TPSA) is 134 Å². The molecule has 11 heteroatoms. The van der Waals surface area contributed by atoms with Gasteiger partial charge in [-0.2, -0.15) is 0 Å². The van der Waals surface area contributed by atoms with Gasteiger partial charge in [0.05, 0.1) is 4.92 Å².